The quantitative estimate of drug-likeness (QED) is 0.791. The van der Waals surface area contributed by atoms with Crippen molar-refractivity contribution in [3.8, 4) is 11.4 Å². The second kappa shape index (κ2) is 5.87. The highest BCUT2D eigenvalue weighted by molar-refractivity contribution is 5.81. The van der Waals surface area contributed by atoms with E-state index in [1.165, 1.54) is 0 Å². The molecule has 0 aliphatic rings. The van der Waals surface area contributed by atoms with Gasteiger partial charge in [0.15, 0.2) is 0 Å². The molecule has 4 heteroatoms. The molecule has 0 saturated carbocycles. The summed E-state index contributed by atoms with van der Waals surface area (Å²) in [5, 5.41) is 4.23. The molecule has 0 bridgehead atoms. The molecule has 4 nitrogen and oxygen atoms in total. The van der Waals surface area contributed by atoms with Crippen molar-refractivity contribution < 1.29 is 0 Å². The van der Waals surface area contributed by atoms with Gasteiger partial charge in [0, 0.05) is 24.9 Å². The lowest BCUT2D eigenvalue weighted by molar-refractivity contribution is 0.837. The molecule has 0 fully saturated rings. The van der Waals surface area contributed by atoms with Crippen molar-refractivity contribution in [3.05, 3.63) is 48.3 Å². The van der Waals surface area contributed by atoms with Crippen LogP contribution in [0.1, 0.15) is 19.2 Å². The minimum atomic E-state index is 0.832. The maximum atomic E-state index is 4.70. The third kappa shape index (κ3) is 2.84. The number of hydrogen-bond acceptors (Lipinski definition) is 4. The molecule has 0 aliphatic carbocycles. The van der Waals surface area contributed by atoms with Gasteiger partial charge in [-0.2, -0.15) is 0 Å². The highest BCUT2D eigenvalue weighted by Gasteiger charge is 2.07. The number of para-hydroxylation sites is 1. The molecule has 2 heterocycles. The highest BCUT2D eigenvalue weighted by atomic mass is 15.0. The zero-order valence-electron chi connectivity index (χ0n) is 12.3. The SMILES string of the molecule is CCCc1nc(NC)cc(-c2ccc3ccccc3n2)n1. The van der Waals surface area contributed by atoms with Gasteiger partial charge in [0.05, 0.1) is 16.9 Å². The molecule has 0 spiro atoms. The van der Waals surface area contributed by atoms with Crippen molar-refractivity contribution in [2.24, 2.45) is 0 Å². The van der Waals surface area contributed by atoms with Gasteiger partial charge >= 0.3 is 0 Å². The number of aryl methyl sites for hydroxylation is 1. The van der Waals surface area contributed by atoms with Crippen LogP contribution in [0, 0.1) is 0 Å². The third-order valence-electron chi connectivity index (χ3n) is 3.36. The van der Waals surface area contributed by atoms with Crippen LogP contribution in [0.5, 0.6) is 0 Å². The van der Waals surface area contributed by atoms with Crippen molar-refractivity contribution in [1.82, 2.24) is 15.0 Å². The molecule has 0 atom stereocenters. The standard InChI is InChI=1S/C17H18N4/c1-3-6-16-20-15(11-17(18-2)21-16)14-10-9-12-7-4-5-8-13(12)19-14/h4-5,7-11H,3,6H2,1-2H3,(H,18,20,21). The molecule has 1 N–H and O–H groups in total. The topological polar surface area (TPSA) is 50.7 Å². The van der Waals surface area contributed by atoms with Crippen LogP contribution in [0.2, 0.25) is 0 Å². The summed E-state index contributed by atoms with van der Waals surface area (Å²) in [6.45, 7) is 2.13. The molecule has 1 aromatic carbocycles. The molecule has 2 aromatic heterocycles. The number of hydrogen-bond donors (Lipinski definition) is 1. The number of pyridine rings is 1. The lowest BCUT2D eigenvalue weighted by Gasteiger charge is -2.07. The molecule has 0 unspecified atom stereocenters. The molecular formula is C17H18N4. The van der Waals surface area contributed by atoms with Gasteiger partial charge in [-0.15, -0.1) is 0 Å². The van der Waals surface area contributed by atoms with Crippen LogP contribution < -0.4 is 5.32 Å². The average molecular weight is 278 g/mol. The van der Waals surface area contributed by atoms with Crippen LogP contribution in [0.15, 0.2) is 42.5 Å². The third-order valence-corrected chi connectivity index (χ3v) is 3.36. The van der Waals surface area contributed by atoms with E-state index < -0.39 is 0 Å². The van der Waals surface area contributed by atoms with Gasteiger partial charge < -0.3 is 5.32 Å². The van der Waals surface area contributed by atoms with E-state index in [0.29, 0.717) is 0 Å². The number of benzene rings is 1. The summed E-state index contributed by atoms with van der Waals surface area (Å²) in [5.74, 6) is 1.69. The predicted octanol–water partition coefficient (Wildman–Crippen LogP) is 3.69. The largest absolute Gasteiger partial charge is 0.373 e. The van der Waals surface area contributed by atoms with Crippen molar-refractivity contribution in [2.75, 3.05) is 12.4 Å². The van der Waals surface area contributed by atoms with Crippen LogP contribution in [0.3, 0.4) is 0 Å². The summed E-state index contributed by atoms with van der Waals surface area (Å²) < 4.78 is 0. The number of aromatic nitrogens is 3. The Morgan fingerprint density at radius 3 is 2.62 bits per heavy atom. The lowest BCUT2D eigenvalue weighted by atomic mass is 10.1. The predicted molar refractivity (Wildman–Crippen MR) is 86.3 cm³/mol. The number of nitrogens with one attached hydrogen (secondary N) is 1. The molecule has 3 aromatic rings. The average Bonchev–Trinajstić information content (AvgIpc) is 2.54. The fourth-order valence-corrected chi connectivity index (χ4v) is 2.30. The first-order chi connectivity index (χ1) is 10.3. The second-order valence-electron chi connectivity index (χ2n) is 4.94. The van der Waals surface area contributed by atoms with Gasteiger partial charge in [-0.25, -0.2) is 15.0 Å². The van der Waals surface area contributed by atoms with Crippen LogP contribution in [0.25, 0.3) is 22.3 Å². The monoisotopic (exact) mass is 278 g/mol. The molecule has 106 valence electrons. The van der Waals surface area contributed by atoms with Gasteiger partial charge in [-0.3, -0.25) is 0 Å². The highest BCUT2D eigenvalue weighted by Crippen LogP contribution is 2.21. The van der Waals surface area contributed by atoms with E-state index in [0.717, 1.165) is 46.8 Å². The van der Waals surface area contributed by atoms with Gasteiger partial charge in [-0.05, 0) is 18.6 Å². The summed E-state index contributed by atoms with van der Waals surface area (Å²) >= 11 is 0. The summed E-state index contributed by atoms with van der Waals surface area (Å²) in [5.41, 5.74) is 2.73. The van der Waals surface area contributed by atoms with Gasteiger partial charge in [0.25, 0.3) is 0 Å². The van der Waals surface area contributed by atoms with Crippen molar-refractivity contribution in [2.45, 2.75) is 19.8 Å². The number of fused-ring (bicyclic) bond motifs is 1. The summed E-state index contributed by atoms with van der Waals surface area (Å²) in [6, 6.07) is 14.1. The second-order valence-corrected chi connectivity index (χ2v) is 4.94. The van der Waals surface area contributed by atoms with Gasteiger partial charge in [-0.1, -0.05) is 31.2 Å². The molecule has 0 saturated heterocycles. The molecule has 21 heavy (non-hydrogen) atoms. The Labute approximate surface area is 124 Å². The smallest absolute Gasteiger partial charge is 0.131 e. The van der Waals surface area contributed by atoms with E-state index in [-0.39, 0.29) is 0 Å². The minimum Gasteiger partial charge on any atom is -0.373 e. The minimum absolute atomic E-state index is 0.832. The fraction of sp³-hybridized carbons (Fsp3) is 0.235. The normalized spacial score (nSPS) is 10.8. The summed E-state index contributed by atoms with van der Waals surface area (Å²) in [4.78, 5) is 13.8. The maximum Gasteiger partial charge on any atom is 0.131 e. The van der Waals surface area contributed by atoms with Gasteiger partial charge in [0.2, 0.25) is 0 Å². The summed E-state index contributed by atoms with van der Waals surface area (Å²) in [6.07, 6.45) is 1.90. The number of nitrogens with zero attached hydrogens (tertiary/aromatic N) is 3. The van der Waals surface area contributed by atoms with Crippen molar-refractivity contribution >= 4 is 16.7 Å². The lowest BCUT2D eigenvalue weighted by Crippen LogP contribution is -2.02. The van der Waals surface area contributed by atoms with E-state index >= 15 is 0 Å². The first-order valence-corrected chi connectivity index (χ1v) is 7.22. The Bertz CT molecular complexity index is 768. The Morgan fingerprint density at radius 1 is 0.952 bits per heavy atom. The summed E-state index contributed by atoms with van der Waals surface area (Å²) in [7, 11) is 1.87. The van der Waals surface area contributed by atoms with E-state index in [4.69, 9.17) is 4.98 Å². The Morgan fingerprint density at radius 2 is 1.81 bits per heavy atom. The molecule has 0 aliphatic heterocycles. The Balaban J connectivity index is 2.10. The number of rotatable bonds is 4. The Kier molecular flexibility index (Phi) is 3.77. The zero-order valence-corrected chi connectivity index (χ0v) is 12.3. The van der Waals surface area contributed by atoms with Gasteiger partial charge in [0.1, 0.15) is 11.6 Å². The van der Waals surface area contributed by atoms with E-state index in [1.54, 1.807) is 0 Å². The first-order valence-electron chi connectivity index (χ1n) is 7.22. The van der Waals surface area contributed by atoms with E-state index in [9.17, 15) is 0 Å². The molecule has 0 radical (unpaired) electrons. The first kappa shape index (κ1) is 13.5. The van der Waals surface area contributed by atoms with E-state index in [1.807, 2.05) is 37.4 Å². The van der Waals surface area contributed by atoms with Crippen LogP contribution in [0.4, 0.5) is 5.82 Å². The van der Waals surface area contributed by atoms with Crippen LogP contribution >= 0.6 is 0 Å². The van der Waals surface area contributed by atoms with Crippen LogP contribution in [-0.4, -0.2) is 22.0 Å². The Hall–Kier alpha value is -2.49. The molecule has 0 amide bonds. The number of anilines is 1. The fourth-order valence-electron chi connectivity index (χ4n) is 2.30. The maximum absolute atomic E-state index is 4.70. The molecular weight excluding hydrogens is 260 g/mol. The zero-order chi connectivity index (χ0) is 14.7. The van der Waals surface area contributed by atoms with Crippen LogP contribution in [-0.2, 0) is 6.42 Å². The molecule has 3 rings (SSSR count). The van der Waals surface area contributed by atoms with Crippen molar-refractivity contribution in [3.63, 3.8) is 0 Å². The van der Waals surface area contributed by atoms with Crippen molar-refractivity contribution in [1.29, 1.82) is 0 Å². The van der Waals surface area contributed by atoms with E-state index in [2.05, 4.69) is 34.3 Å².